The fraction of sp³-hybridized carbons (Fsp3) is 0.263. The molecule has 6 heteroatoms. The van der Waals surface area contributed by atoms with Gasteiger partial charge in [0.25, 0.3) is 0 Å². The predicted molar refractivity (Wildman–Crippen MR) is 93.8 cm³/mol. The maximum absolute atomic E-state index is 12.4. The maximum Gasteiger partial charge on any atom is 0.347 e. The van der Waals surface area contributed by atoms with Crippen molar-refractivity contribution >= 4 is 10.9 Å². The van der Waals surface area contributed by atoms with E-state index >= 15 is 0 Å². The molecule has 0 aliphatic heterocycles. The van der Waals surface area contributed by atoms with E-state index < -0.39 is 5.63 Å². The van der Waals surface area contributed by atoms with E-state index in [1.54, 1.807) is 6.07 Å². The molecule has 0 saturated carbocycles. The molecule has 0 unspecified atom stereocenters. The van der Waals surface area contributed by atoms with Crippen molar-refractivity contribution in [3.8, 4) is 17.2 Å². The summed E-state index contributed by atoms with van der Waals surface area (Å²) < 4.78 is 21.4. The van der Waals surface area contributed by atoms with Gasteiger partial charge in [0, 0.05) is 12.5 Å². The molecule has 0 N–H and O–H groups in total. The van der Waals surface area contributed by atoms with Gasteiger partial charge >= 0.3 is 5.63 Å². The minimum absolute atomic E-state index is 0.290. The van der Waals surface area contributed by atoms with Gasteiger partial charge in [-0.3, -0.25) is 0 Å². The van der Waals surface area contributed by atoms with Gasteiger partial charge < -0.3 is 18.6 Å². The first-order valence-electron chi connectivity index (χ1n) is 7.84. The second-order valence-electron chi connectivity index (χ2n) is 5.42. The molecular formula is C19H19NO5. The zero-order chi connectivity index (χ0) is 17.8. The molecule has 0 bridgehead atoms. The summed E-state index contributed by atoms with van der Waals surface area (Å²) in [5.41, 5.74) is 1.07. The fourth-order valence-corrected chi connectivity index (χ4v) is 2.72. The van der Waals surface area contributed by atoms with Crippen LogP contribution in [0.3, 0.4) is 0 Å². The minimum Gasteiger partial charge on any atom is -0.493 e. The largest absolute Gasteiger partial charge is 0.493 e. The summed E-state index contributed by atoms with van der Waals surface area (Å²) in [4.78, 5) is 16.9. The number of ether oxygens (including phenoxy) is 3. The number of benzene rings is 2. The van der Waals surface area contributed by atoms with Crippen molar-refractivity contribution in [3.05, 3.63) is 58.3 Å². The van der Waals surface area contributed by atoms with Crippen molar-refractivity contribution in [2.75, 3.05) is 21.3 Å². The van der Waals surface area contributed by atoms with Gasteiger partial charge in [-0.05, 0) is 12.0 Å². The predicted octanol–water partition coefficient (Wildman–Crippen LogP) is 3.00. The zero-order valence-corrected chi connectivity index (χ0v) is 14.4. The average molecular weight is 341 g/mol. The Hall–Kier alpha value is -3.02. The van der Waals surface area contributed by atoms with Crippen LogP contribution in [0, 0.1) is 0 Å². The molecule has 0 aliphatic carbocycles. The van der Waals surface area contributed by atoms with Gasteiger partial charge in [-0.1, -0.05) is 30.3 Å². The van der Waals surface area contributed by atoms with Crippen LogP contribution in [0.4, 0.5) is 0 Å². The van der Waals surface area contributed by atoms with Crippen molar-refractivity contribution in [1.29, 1.82) is 0 Å². The quantitative estimate of drug-likeness (QED) is 0.686. The van der Waals surface area contributed by atoms with Crippen LogP contribution < -0.4 is 19.8 Å². The van der Waals surface area contributed by atoms with Crippen molar-refractivity contribution in [1.82, 2.24) is 4.98 Å². The number of nitrogens with zero attached hydrogens (tertiary/aromatic N) is 1. The highest BCUT2D eigenvalue weighted by Crippen LogP contribution is 2.41. The summed E-state index contributed by atoms with van der Waals surface area (Å²) in [7, 11) is 4.50. The standard InChI is InChI=1S/C19H19NO5/c1-22-14-11-13-16(18(24-3)17(14)23-2)20-15(25-19(13)21)10-9-12-7-5-4-6-8-12/h4-8,11H,9-10H2,1-3H3. The van der Waals surface area contributed by atoms with Crippen LogP contribution in [0.2, 0.25) is 0 Å². The van der Waals surface area contributed by atoms with Gasteiger partial charge in [0.15, 0.2) is 17.4 Å². The van der Waals surface area contributed by atoms with Crippen LogP contribution in [0.15, 0.2) is 45.6 Å². The highest BCUT2D eigenvalue weighted by atomic mass is 16.5. The first-order valence-corrected chi connectivity index (χ1v) is 7.84. The van der Waals surface area contributed by atoms with Gasteiger partial charge in [-0.15, -0.1) is 0 Å². The van der Waals surface area contributed by atoms with E-state index in [2.05, 4.69) is 4.98 Å². The molecule has 0 spiro atoms. The molecule has 0 radical (unpaired) electrons. The summed E-state index contributed by atoms with van der Waals surface area (Å²) in [5, 5.41) is 0.290. The molecule has 1 aromatic heterocycles. The Morgan fingerprint density at radius 2 is 1.68 bits per heavy atom. The summed E-state index contributed by atoms with van der Waals surface area (Å²) >= 11 is 0. The molecule has 6 nitrogen and oxygen atoms in total. The summed E-state index contributed by atoms with van der Waals surface area (Å²) in [6, 6.07) is 11.5. The second kappa shape index (κ2) is 7.25. The Balaban J connectivity index is 2.06. The molecule has 25 heavy (non-hydrogen) atoms. The Morgan fingerprint density at radius 3 is 2.32 bits per heavy atom. The lowest BCUT2D eigenvalue weighted by Gasteiger charge is -2.14. The van der Waals surface area contributed by atoms with E-state index in [9.17, 15) is 4.79 Å². The molecule has 0 fully saturated rings. The van der Waals surface area contributed by atoms with Crippen molar-refractivity contribution in [2.45, 2.75) is 12.8 Å². The number of hydrogen-bond donors (Lipinski definition) is 0. The zero-order valence-electron chi connectivity index (χ0n) is 14.4. The SMILES string of the molecule is COc1cc2c(=O)oc(CCc3ccccc3)nc2c(OC)c1OC. The molecule has 3 rings (SSSR count). The van der Waals surface area contributed by atoms with Crippen LogP contribution in [0.1, 0.15) is 11.5 Å². The van der Waals surface area contributed by atoms with E-state index in [1.807, 2.05) is 30.3 Å². The molecule has 1 heterocycles. The van der Waals surface area contributed by atoms with Crippen molar-refractivity contribution in [2.24, 2.45) is 0 Å². The van der Waals surface area contributed by atoms with E-state index in [0.29, 0.717) is 35.1 Å². The normalized spacial score (nSPS) is 10.7. The molecule has 2 aromatic carbocycles. The molecule has 0 saturated heterocycles. The van der Waals surface area contributed by atoms with Crippen LogP contribution >= 0.6 is 0 Å². The number of hydrogen-bond acceptors (Lipinski definition) is 6. The molecule has 0 amide bonds. The highest BCUT2D eigenvalue weighted by molar-refractivity contribution is 5.89. The number of fused-ring (bicyclic) bond motifs is 1. The van der Waals surface area contributed by atoms with Crippen LogP contribution in [-0.2, 0) is 12.8 Å². The van der Waals surface area contributed by atoms with E-state index in [1.165, 1.54) is 21.3 Å². The summed E-state index contributed by atoms with van der Waals surface area (Å²) in [5.74, 6) is 1.49. The van der Waals surface area contributed by atoms with Gasteiger partial charge in [-0.2, -0.15) is 0 Å². The Kier molecular flexibility index (Phi) is 4.88. The van der Waals surface area contributed by atoms with Crippen molar-refractivity contribution in [3.63, 3.8) is 0 Å². The third-order valence-corrected chi connectivity index (χ3v) is 3.94. The first kappa shape index (κ1) is 16.8. The van der Waals surface area contributed by atoms with Crippen molar-refractivity contribution < 1.29 is 18.6 Å². The lowest BCUT2D eigenvalue weighted by molar-refractivity contribution is 0.326. The summed E-state index contributed by atoms with van der Waals surface area (Å²) in [6.07, 6.45) is 1.23. The minimum atomic E-state index is -0.479. The number of aryl methyl sites for hydroxylation is 2. The van der Waals surface area contributed by atoms with E-state index in [0.717, 1.165) is 12.0 Å². The molecule has 130 valence electrons. The third-order valence-electron chi connectivity index (χ3n) is 3.94. The van der Waals surface area contributed by atoms with Gasteiger partial charge in [0.1, 0.15) is 5.52 Å². The third kappa shape index (κ3) is 3.28. The molecular weight excluding hydrogens is 322 g/mol. The lowest BCUT2D eigenvalue weighted by Crippen LogP contribution is -2.08. The van der Waals surface area contributed by atoms with Gasteiger partial charge in [0.2, 0.25) is 5.75 Å². The second-order valence-corrected chi connectivity index (χ2v) is 5.42. The molecule has 0 atom stereocenters. The van der Waals surface area contributed by atoms with Gasteiger partial charge in [0.05, 0.1) is 26.7 Å². The fourth-order valence-electron chi connectivity index (χ4n) is 2.72. The average Bonchev–Trinajstić information content (AvgIpc) is 2.65. The monoisotopic (exact) mass is 341 g/mol. The van der Waals surface area contributed by atoms with E-state index in [4.69, 9.17) is 18.6 Å². The molecule has 3 aromatic rings. The Morgan fingerprint density at radius 1 is 0.960 bits per heavy atom. The highest BCUT2D eigenvalue weighted by Gasteiger charge is 2.20. The van der Waals surface area contributed by atoms with Crippen LogP contribution in [-0.4, -0.2) is 26.3 Å². The first-order chi connectivity index (χ1) is 12.2. The van der Waals surface area contributed by atoms with Crippen LogP contribution in [0.5, 0.6) is 17.2 Å². The van der Waals surface area contributed by atoms with E-state index in [-0.39, 0.29) is 5.39 Å². The number of aromatic nitrogens is 1. The Labute approximate surface area is 145 Å². The smallest absolute Gasteiger partial charge is 0.347 e. The Bertz CT molecular complexity index is 934. The number of rotatable bonds is 6. The maximum atomic E-state index is 12.4. The topological polar surface area (TPSA) is 70.8 Å². The summed E-state index contributed by atoms with van der Waals surface area (Å²) in [6.45, 7) is 0. The lowest BCUT2D eigenvalue weighted by atomic mass is 10.1. The molecule has 0 aliphatic rings. The van der Waals surface area contributed by atoms with Gasteiger partial charge in [-0.25, -0.2) is 9.78 Å². The van der Waals surface area contributed by atoms with Crippen LogP contribution in [0.25, 0.3) is 10.9 Å². The number of methoxy groups -OCH3 is 3.